The Labute approximate surface area is 91.5 Å². The monoisotopic (exact) mass is 214 g/mol. The molecule has 1 saturated carbocycles. The van der Waals surface area contributed by atoms with Crippen LogP contribution in [-0.2, 0) is 4.74 Å². The topological polar surface area (TPSA) is 9.23 Å². The van der Waals surface area contributed by atoms with Crippen molar-refractivity contribution >= 4 is 11.6 Å². The van der Waals surface area contributed by atoms with Crippen molar-refractivity contribution in [3.63, 3.8) is 0 Å². The maximum absolute atomic E-state index is 6.35. The minimum Gasteiger partial charge on any atom is -0.381 e. The molecule has 3 rings (SSSR count). The lowest BCUT2D eigenvalue weighted by molar-refractivity contribution is -0.0763. The second kappa shape index (κ2) is 3.53. The molecule has 0 aromatic rings. The van der Waals surface area contributed by atoms with Crippen molar-refractivity contribution in [3.8, 4) is 0 Å². The molecule has 0 aromatic heterocycles. The van der Waals surface area contributed by atoms with Gasteiger partial charge in [0.25, 0.3) is 0 Å². The summed E-state index contributed by atoms with van der Waals surface area (Å²) in [6.07, 6.45) is 7.24. The standard InChI is InChI=1S/C12H19ClO/c1-12(2)8-4-6-9(11(12)14-3)10(13)7-5-8/h5,7-11H,4,6H2,1-3H3. The maximum Gasteiger partial charge on any atom is 0.0673 e. The molecule has 0 spiro atoms. The van der Waals surface area contributed by atoms with Gasteiger partial charge < -0.3 is 4.74 Å². The summed E-state index contributed by atoms with van der Waals surface area (Å²) in [6, 6.07) is 0. The summed E-state index contributed by atoms with van der Waals surface area (Å²) in [5.41, 5.74) is 0.234. The van der Waals surface area contributed by atoms with E-state index in [2.05, 4.69) is 26.0 Å². The van der Waals surface area contributed by atoms with Crippen LogP contribution in [0.5, 0.6) is 0 Å². The number of hydrogen-bond donors (Lipinski definition) is 0. The summed E-state index contributed by atoms with van der Waals surface area (Å²) in [6.45, 7) is 4.61. The number of methoxy groups -OCH3 is 1. The summed E-state index contributed by atoms with van der Waals surface area (Å²) < 4.78 is 5.67. The Kier molecular flexibility index (Phi) is 2.65. The first kappa shape index (κ1) is 10.5. The lowest BCUT2D eigenvalue weighted by Gasteiger charge is -2.46. The fourth-order valence-electron chi connectivity index (χ4n) is 3.19. The molecular formula is C12H19ClO. The zero-order chi connectivity index (χ0) is 10.3. The summed E-state index contributed by atoms with van der Waals surface area (Å²) in [4.78, 5) is 0. The molecule has 2 bridgehead atoms. The highest BCUT2D eigenvalue weighted by molar-refractivity contribution is 6.22. The first-order valence-electron chi connectivity index (χ1n) is 5.42. The molecule has 14 heavy (non-hydrogen) atoms. The smallest absolute Gasteiger partial charge is 0.0673 e. The average molecular weight is 215 g/mol. The summed E-state index contributed by atoms with van der Waals surface area (Å²) in [5, 5.41) is 0.159. The number of fused-ring (bicyclic) bond motifs is 3. The number of ether oxygens (including phenoxy) is 1. The minimum atomic E-state index is 0.159. The molecule has 3 aliphatic carbocycles. The van der Waals surface area contributed by atoms with Crippen LogP contribution in [0.1, 0.15) is 26.7 Å². The van der Waals surface area contributed by atoms with Crippen LogP contribution in [0.25, 0.3) is 0 Å². The van der Waals surface area contributed by atoms with Crippen molar-refractivity contribution in [2.45, 2.75) is 38.2 Å². The summed E-state index contributed by atoms with van der Waals surface area (Å²) in [5.74, 6) is 1.12. The SMILES string of the molecule is COC1C2CCC(C=CC2Cl)C1(C)C. The Morgan fingerprint density at radius 2 is 2.00 bits per heavy atom. The maximum atomic E-state index is 6.35. The lowest BCUT2D eigenvalue weighted by Crippen LogP contribution is -2.47. The second-order valence-electron chi connectivity index (χ2n) is 5.15. The predicted octanol–water partition coefficient (Wildman–Crippen LogP) is 3.23. The molecule has 4 atom stereocenters. The van der Waals surface area contributed by atoms with Crippen molar-refractivity contribution in [2.75, 3.05) is 7.11 Å². The van der Waals surface area contributed by atoms with E-state index < -0.39 is 0 Å². The van der Waals surface area contributed by atoms with Crippen LogP contribution >= 0.6 is 11.6 Å². The van der Waals surface area contributed by atoms with Gasteiger partial charge >= 0.3 is 0 Å². The Morgan fingerprint density at radius 1 is 1.29 bits per heavy atom. The molecule has 0 heterocycles. The largest absolute Gasteiger partial charge is 0.381 e. The highest BCUT2D eigenvalue weighted by atomic mass is 35.5. The Balaban J connectivity index is 2.35. The molecule has 1 nitrogen and oxygen atoms in total. The van der Waals surface area contributed by atoms with Gasteiger partial charge in [-0.3, -0.25) is 0 Å². The fraction of sp³-hybridized carbons (Fsp3) is 0.833. The van der Waals surface area contributed by atoms with Gasteiger partial charge in [0.05, 0.1) is 11.5 Å². The van der Waals surface area contributed by atoms with E-state index in [1.54, 1.807) is 0 Å². The van der Waals surface area contributed by atoms with Gasteiger partial charge in [0, 0.05) is 13.0 Å². The Hall–Kier alpha value is -0.0100. The Morgan fingerprint density at radius 3 is 2.64 bits per heavy atom. The second-order valence-corrected chi connectivity index (χ2v) is 5.66. The van der Waals surface area contributed by atoms with E-state index in [9.17, 15) is 0 Å². The molecule has 0 radical (unpaired) electrons. The van der Waals surface area contributed by atoms with E-state index in [-0.39, 0.29) is 10.8 Å². The van der Waals surface area contributed by atoms with Crippen LogP contribution in [0.15, 0.2) is 12.2 Å². The summed E-state index contributed by atoms with van der Waals surface area (Å²) in [7, 11) is 1.82. The molecule has 0 aromatic carbocycles. The summed E-state index contributed by atoms with van der Waals surface area (Å²) >= 11 is 6.35. The van der Waals surface area contributed by atoms with Gasteiger partial charge in [-0.15, -0.1) is 11.6 Å². The molecule has 1 fully saturated rings. The average Bonchev–Trinajstić information content (AvgIpc) is 2.34. The van der Waals surface area contributed by atoms with Gasteiger partial charge in [-0.1, -0.05) is 26.0 Å². The highest BCUT2D eigenvalue weighted by Crippen LogP contribution is 2.49. The quantitative estimate of drug-likeness (QED) is 0.481. The molecule has 2 heteroatoms. The lowest BCUT2D eigenvalue weighted by atomic mass is 9.64. The molecular weight excluding hydrogens is 196 g/mol. The van der Waals surface area contributed by atoms with Crippen molar-refractivity contribution in [2.24, 2.45) is 17.3 Å². The van der Waals surface area contributed by atoms with E-state index >= 15 is 0 Å². The molecule has 0 aliphatic heterocycles. The number of halogens is 1. The molecule has 3 aliphatic rings. The Bertz CT molecular complexity index is 247. The molecule has 0 saturated heterocycles. The number of hydrogen-bond acceptors (Lipinski definition) is 1. The van der Waals surface area contributed by atoms with Crippen LogP contribution in [0.3, 0.4) is 0 Å². The van der Waals surface area contributed by atoms with Gasteiger partial charge in [-0.25, -0.2) is 0 Å². The first-order valence-corrected chi connectivity index (χ1v) is 5.86. The van der Waals surface area contributed by atoms with Crippen LogP contribution in [0.2, 0.25) is 0 Å². The van der Waals surface area contributed by atoms with Gasteiger partial charge in [0.2, 0.25) is 0 Å². The van der Waals surface area contributed by atoms with E-state index in [1.165, 1.54) is 12.8 Å². The van der Waals surface area contributed by atoms with E-state index in [1.807, 2.05) is 7.11 Å². The molecule has 0 amide bonds. The van der Waals surface area contributed by atoms with E-state index in [4.69, 9.17) is 16.3 Å². The molecule has 4 unspecified atom stereocenters. The highest BCUT2D eigenvalue weighted by Gasteiger charge is 2.48. The number of alkyl halides is 1. The van der Waals surface area contributed by atoms with Crippen molar-refractivity contribution in [1.82, 2.24) is 0 Å². The third-order valence-corrected chi connectivity index (χ3v) is 4.55. The van der Waals surface area contributed by atoms with Crippen molar-refractivity contribution in [3.05, 3.63) is 12.2 Å². The number of allylic oxidation sites excluding steroid dienone is 2. The van der Waals surface area contributed by atoms with Gasteiger partial charge in [-0.05, 0) is 24.2 Å². The zero-order valence-electron chi connectivity index (χ0n) is 9.16. The third kappa shape index (κ3) is 1.42. The predicted molar refractivity (Wildman–Crippen MR) is 59.6 cm³/mol. The van der Waals surface area contributed by atoms with Crippen LogP contribution in [0, 0.1) is 17.3 Å². The van der Waals surface area contributed by atoms with Gasteiger partial charge in [0.1, 0.15) is 0 Å². The van der Waals surface area contributed by atoms with Gasteiger partial charge in [-0.2, -0.15) is 0 Å². The van der Waals surface area contributed by atoms with Crippen LogP contribution in [0.4, 0.5) is 0 Å². The van der Waals surface area contributed by atoms with E-state index in [0.29, 0.717) is 17.9 Å². The normalized spacial score (nSPS) is 45.1. The first-order chi connectivity index (χ1) is 6.57. The minimum absolute atomic E-state index is 0.159. The van der Waals surface area contributed by atoms with Crippen LogP contribution in [-0.4, -0.2) is 18.6 Å². The molecule has 80 valence electrons. The third-order valence-electron chi connectivity index (χ3n) is 4.08. The van der Waals surface area contributed by atoms with Crippen LogP contribution < -0.4 is 0 Å². The molecule has 0 N–H and O–H groups in total. The zero-order valence-corrected chi connectivity index (χ0v) is 9.92. The van der Waals surface area contributed by atoms with Crippen molar-refractivity contribution < 1.29 is 4.74 Å². The number of rotatable bonds is 1. The van der Waals surface area contributed by atoms with Crippen molar-refractivity contribution in [1.29, 1.82) is 0 Å². The van der Waals surface area contributed by atoms with Gasteiger partial charge in [0.15, 0.2) is 0 Å². The van der Waals surface area contributed by atoms with E-state index in [0.717, 1.165) is 0 Å². The fourth-order valence-corrected chi connectivity index (χ4v) is 3.53.